The van der Waals surface area contributed by atoms with Crippen molar-refractivity contribution in [3.05, 3.63) is 89.8 Å². The van der Waals surface area contributed by atoms with Gasteiger partial charge in [0.2, 0.25) is 0 Å². The molecule has 3 heterocycles. The molecular formula is C29H27FN6O3. The topological polar surface area (TPSA) is 128 Å². The summed E-state index contributed by atoms with van der Waals surface area (Å²) in [5.41, 5.74) is 10.2. The molecule has 0 aliphatic carbocycles. The van der Waals surface area contributed by atoms with Crippen molar-refractivity contribution in [1.82, 2.24) is 19.9 Å². The normalized spacial score (nSPS) is 11.0. The van der Waals surface area contributed by atoms with Crippen LogP contribution in [0.1, 0.15) is 21.9 Å². The number of halogens is 1. The molecule has 0 bridgehead atoms. The highest BCUT2D eigenvalue weighted by molar-refractivity contribution is 5.91. The number of methoxy groups -OCH3 is 1. The fraction of sp³-hybridized carbons (Fsp3) is 0.172. The predicted molar refractivity (Wildman–Crippen MR) is 147 cm³/mol. The van der Waals surface area contributed by atoms with Crippen molar-refractivity contribution in [2.24, 2.45) is 5.73 Å². The van der Waals surface area contributed by atoms with Gasteiger partial charge in [-0.2, -0.15) is 0 Å². The number of nitrogens with zero attached hydrogens (tertiary/aromatic N) is 3. The van der Waals surface area contributed by atoms with Gasteiger partial charge in [0.1, 0.15) is 18.2 Å². The van der Waals surface area contributed by atoms with E-state index in [0.29, 0.717) is 30.4 Å². The van der Waals surface area contributed by atoms with Gasteiger partial charge in [0, 0.05) is 23.2 Å². The number of fused-ring (bicyclic) bond motifs is 1. The van der Waals surface area contributed by atoms with Crippen LogP contribution in [-0.4, -0.2) is 46.2 Å². The Morgan fingerprint density at radius 3 is 2.74 bits per heavy atom. The minimum absolute atomic E-state index is 0.146. The van der Waals surface area contributed by atoms with E-state index in [9.17, 15) is 9.18 Å². The molecule has 3 aromatic heterocycles. The van der Waals surface area contributed by atoms with Crippen LogP contribution in [-0.2, 0) is 11.3 Å². The Labute approximate surface area is 224 Å². The fourth-order valence-electron chi connectivity index (χ4n) is 4.21. The number of nitrogens with one attached hydrogen (secondary N) is 2. The maximum Gasteiger partial charge on any atom is 0.340 e. The third-order valence-electron chi connectivity index (χ3n) is 6.06. The molecule has 39 heavy (non-hydrogen) atoms. The van der Waals surface area contributed by atoms with E-state index >= 15 is 0 Å². The highest BCUT2D eigenvalue weighted by atomic mass is 19.1. The first-order chi connectivity index (χ1) is 19.0. The molecule has 198 valence electrons. The lowest BCUT2D eigenvalue weighted by Gasteiger charge is -2.08. The molecule has 0 aliphatic heterocycles. The minimum Gasteiger partial charge on any atom is -0.491 e. The summed E-state index contributed by atoms with van der Waals surface area (Å²) >= 11 is 0. The quantitative estimate of drug-likeness (QED) is 0.232. The number of rotatable bonds is 9. The maximum absolute atomic E-state index is 14.9. The van der Waals surface area contributed by atoms with Crippen LogP contribution in [0.3, 0.4) is 0 Å². The molecule has 10 heteroatoms. The van der Waals surface area contributed by atoms with E-state index in [1.54, 1.807) is 18.3 Å². The van der Waals surface area contributed by atoms with E-state index in [0.717, 1.165) is 33.5 Å². The van der Waals surface area contributed by atoms with Crippen molar-refractivity contribution in [2.45, 2.75) is 13.5 Å². The predicted octanol–water partition coefficient (Wildman–Crippen LogP) is 4.87. The van der Waals surface area contributed by atoms with E-state index in [1.807, 2.05) is 49.4 Å². The number of benzene rings is 2. The number of esters is 1. The summed E-state index contributed by atoms with van der Waals surface area (Å²) in [5.74, 6) is -0.240. The van der Waals surface area contributed by atoms with Gasteiger partial charge in [-0.15, -0.1) is 0 Å². The Kier molecular flexibility index (Phi) is 7.46. The average Bonchev–Trinajstić information content (AvgIpc) is 3.39. The second kappa shape index (κ2) is 11.3. The van der Waals surface area contributed by atoms with Gasteiger partial charge in [0.15, 0.2) is 5.82 Å². The summed E-state index contributed by atoms with van der Waals surface area (Å²) in [4.78, 5) is 29.2. The first-order valence-electron chi connectivity index (χ1n) is 12.3. The van der Waals surface area contributed by atoms with E-state index in [2.05, 4.69) is 25.0 Å². The molecule has 5 aromatic rings. The van der Waals surface area contributed by atoms with E-state index in [-0.39, 0.29) is 17.8 Å². The molecule has 0 aliphatic rings. The summed E-state index contributed by atoms with van der Waals surface area (Å²) in [7, 11) is 1.21. The molecule has 0 unspecified atom stereocenters. The Morgan fingerprint density at radius 2 is 1.95 bits per heavy atom. The van der Waals surface area contributed by atoms with Gasteiger partial charge in [0.05, 0.1) is 53.7 Å². The maximum atomic E-state index is 14.9. The van der Waals surface area contributed by atoms with Crippen molar-refractivity contribution in [1.29, 1.82) is 0 Å². The van der Waals surface area contributed by atoms with E-state index < -0.39 is 11.8 Å². The number of aromatic nitrogens is 4. The summed E-state index contributed by atoms with van der Waals surface area (Å²) < 4.78 is 25.2. The van der Waals surface area contributed by atoms with Gasteiger partial charge in [-0.1, -0.05) is 18.2 Å². The van der Waals surface area contributed by atoms with Crippen LogP contribution in [0.4, 0.5) is 10.1 Å². The number of ether oxygens (including phenoxy) is 2. The Hall–Kier alpha value is -4.83. The van der Waals surface area contributed by atoms with Gasteiger partial charge in [-0.25, -0.2) is 14.2 Å². The lowest BCUT2D eigenvalue weighted by atomic mass is 10.1. The van der Waals surface area contributed by atoms with Gasteiger partial charge < -0.3 is 25.5 Å². The van der Waals surface area contributed by atoms with Crippen molar-refractivity contribution in [3.63, 3.8) is 0 Å². The number of anilines is 1. The molecule has 0 atom stereocenters. The molecule has 0 saturated carbocycles. The number of imidazole rings is 1. The number of aromatic amines is 1. The number of pyridine rings is 2. The number of H-pyrrole nitrogens is 1. The number of carbonyl (C=O) groups is 1. The smallest absolute Gasteiger partial charge is 0.340 e. The summed E-state index contributed by atoms with van der Waals surface area (Å²) in [6.45, 7) is 2.90. The monoisotopic (exact) mass is 526 g/mol. The van der Waals surface area contributed by atoms with Gasteiger partial charge in [0.25, 0.3) is 0 Å². The van der Waals surface area contributed by atoms with Crippen molar-refractivity contribution >= 4 is 22.6 Å². The van der Waals surface area contributed by atoms with E-state index in [1.165, 1.54) is 13.2 Å². The van der Waals surface area contributed by atoms with Crippen LogP contribution in [0, 0.1) is 12.7 Å². The summed E-state index contributed by atoms with van der Waals surface area (Å²) in [5, 5.41) is 3.91. The summed E-state index contributed by atoms with van der Waals surface area (Å²) in [6.07, 6.45) is 1.67. The van der Waals surface area contributed by atoms with E-state index in [4.69, 9.17) is 15.5 Å². The van der Waals surface area contributed by atoms with Gasteiger partial charge in [-0.05, 0) is 49.4 Å². The Balaban J connectivity index is 1.52. The molecule has 9 nitrogen and oxygen atoms in total. The molecule has 4 N–H and O–H groups in total. The minimum atomic E-state index is -0.744. The van der Waals surface area contributed by atoms with Crippen LogP contribution in [0.5, 0.6) is 5.75 Å². The van der Waals surface area contributed by atoms with Crippen LogP contribution in [0.25, 0.3) is 33.5 Å². The third-order valence-corrected chi connectivity index (χ3v) is 6.06. The van der Waals surface area contributed by atoms with Crippen LogP contribution >= 0.6 is 0 Å². The molecule has 0 spiro atoms. The largest absolute Gasteiger partial charge is 0.491 e. The zero-order valence-electron chi connectivity index (χ0n) is 21.5. The third kappa shape index (κ3) is 5.55. The average molecular weight is 527 g/mol. The number of aryl methyl sites for hydroxylation is 1. The second-order valence-corrected chi connectivity index (χ2v) is 8.80. The zero-order valence-corrected chi connectivity index (χ0v) is 21.5. The Morgan fingerprint density at radius 1 is 1.10 bits per heavy atom. The lowest BCUT2D eigenvalue weighted by Crippen LogP contribution is -2.10. The number of nitrogens with two attached hydrogens (primary N) is 1. The molecule has 0 fully saturated rings. The Bertz CT molecular complexity index is 1650. The molecule has 0 amide bonds. The lowest BCUT2D eigenvalue weighted by molar-refractivity contribution is 0.0595. The number of hydrogen-bond acceptors (Lipinski definition) is 8. The van der Waals surface area contributed by atoms with Crippen LogP contribution in [0.15, 0.2) is 66.9 Å². The first kappa shape index (κ1) is 25.8. The fourth-order valence-corrected chi connectivity index (χ4v) is 4.21. The zero-order chi connectivity index (χ0) is 27.4. The van der Waals surface area contributed by atoms with Crippen molar-refractivity contribution in [2.75, 3.05) is 25.6 Å². The standard InChI is InChI=1S/C29H27FN6O3/c1-17-5-3-8-24(34-17)28-27(18-9-10-22-19(13-18)14-20(15-32-22)39-12-11-31)35-25(36-28)16-33-23-7-4-6-21(26(23)30)29(37)38-2/h3-10,13-15,33H,11-12,16,31H2,1-2H3,(H,35,36). The number of hydrogen-bond donors (Lipinski definition) is 3. The van der Waals surface area contributed by atoms with Crippen LogP contribution in [0.2, 0.25) is 0 Å². The molecule has 0 saturated heterocycles. The van der Waals surface area contributed by atoms with Gasteiger partial charge >= 0.3 is 5.97 Å². The summed E-state index contributed by atoms with van der Waals surface area (Å²) in [6, 6.07) is 18.0. The molecule has 5 rings (SSSR count). The second-order valence-electron chi connectivity index (χ2n) is 8.80. The van der Waals surface area contributed by atoms with Crippen molar-refractivity contribution < 1.29 is 18.7 Å². The van der Waals surface area contributed by atoms with Crippen molar-refractivity contribution in [3.8, 4) is 28.4 Å². The highest BCUT2D eigenvalue weighted by Crippen LogP contribution is 2.32. The molecule has 2 aromatic carbocycles. The van der Waals surface area contributed by atoms with Crippen LogP contribution < -0.4 is 15.8 Å². The molecular weight excluding hydrogens is 499 g/mol. The highest BCUT2D eigenvalue weighted by Gasteiger charge is 2.18. The van der Waals surface area contributed by atoms with Gasteiger partial charge in [-0.3, -0.25) is 9.97 Å². The SMILES string of the molecule is COC(=O)c1cccc(NCc2nc(-c3ccc4ncc(OCCN)cc4c3)c(-c3cccc(C)n3)[nH]2)c1F. The first-order valence-corrected chi connectivity index (χ1v) is 12.3. The molecule has 0 radical (unpaired) electrons. The number of carbonyl (C=O) groups excluding carboxylic acids is 1.